The topological polar surface area (TPSA) is 23.5 Å². The molecule has 1 heterocycles. The predicted molar refractivity (Wildman–Crippen MR) is 75.9 cm³/mol. The lowest BCUT2D eigenvalue weighted by Gasteiger charge is -2.34. The minimum atomic E-state index is 0.354. The highest BCUT2D eigenvalue weighted by molar-refractivity contribution is 5.26. The normalized spacial score (nSPS) is 26.4. The first kappa shape index (κ1) is 13.4. The number of phenolic OH excluding ortho intramolecular Hbond substituents is 1. The molecule has 1 aromatic rings. The van der Waals surface area contributed by atoms with Crippen LogP contribution in [0.5, 0.6) is 5.75 Å². The average Bonchev–Trinajstić information content (AvgIpc) is 2.73. The minimum absolute atomic E-state index is 0.354. The molecular formula is C16H25NO. The maximum absolute atomic E-state index is 9.31. The van der Waals surface area contributed by atoms with Gasteiger partial charge < -0.3 is 5.11 Å². The molecule has 18 heavy (non-hydrogen) atoms. The summed E-state index contributed by atoms with van der Waals surface area (Å²) in [6, 6.07) is 9.69. The summed E-state index contributed by atoms with van der Waals surface area (Å²) in [6.45, 7) is 6.98. The van der Waals surface area contributed by atoms with Gasteiger partial charge >= 0.3 is 0 Å². The smallest absolute Gasteiger partial charge is 0.115 e. The maximum Gasteiger partial charge on any atom is 0.115 e. The van der Waals surface area contributed by atoms with E-state index in [1.54, 1.807) is 12.1 Å². The third kappa shape index (κ3) is 2.86. The van der Waals surface area contributed by atoms with Crippen molar-refractivity contribution in [3.63, 3.8) is 0 Å². The van der Waals surface area contributed by atoms with Gasteiger partial charge in [-0.25, -0.2) is 0 Å². The Labute approximate surface area is 111 Å². The Hall–Kier alpha value is -1.02. The predicted octanol–water partition coefficient (Wildman–Crippen LogP) is 3.59. The first-order valence-electron chi connectivity index (χ1n) is 7.17. The molecule has 1 aliphatic rings. The molecule has 0 aromatic heterocycles. The third-order valence-electron chi connectivity index (χ3n) is 4.30. The zero-order chi connectivity index (χ0) is 13.1. The number of hydrogen-bond acceptors (Lipinski definition) is 2. The minimum Gasteiger partial charge on any atom is -0.508 e. The summed E-state index contributed by atoms with van der Waals surface area (Å²) in [7, 11) is 0. The summed E-state index contributed by atoms with van der Waals surface area (Å²) >= 11 is 0. The second kappa shape index (κ2) is 5.75. The SMILES string of the molecule is CCC1CCC(C)N1C(C)Cc1ccc(O)cc1. The Balaban J connectivity index is 2.02. The van der Waals surface area contributed by atoms with E-state index in [-0.39, 0.29) is 0 Å². The fourth-order valence-electron chi connectivity index (χ4n) is 3.38. The van der Waals surface area contributed by atoms with Gasteiger partial charge in [-0.1, -0.05) is 19.1 Å². The van der Waals surface area contributed by atoms with Crippen LogP contribution in [0.2, 0.25) is 0 Å². The summed E-state index contributed by atoms with van der Waals surface area (Å²) in [6.07, 6.45) is 5.00. The van der Waals surface area contributed by atoms with E-state index < -0.39 is 0 Å². The van der Waals surface area contributed by atoms with E-state index in [0.29, 0.717) is 17.8 Å². The van der Waals surface area contributed by atoms with Crippen molar-refractivity contribution in [1.82, 2.24) is 4.90 Å². The number of likely N-dealkylation sites (tertiary alicyclic amines) is 1. The standard InChI is InChI=1S/C16H25NO/c1-4-15-8-5-12(2)17(15)13(3)11-14-6-9-16(18)10-7-14/h6-7,9-10,12-13,15,18H,4-5,8,11H2,1-3H3. The monoisotopic (exact) mass is 247 g/mol. The fourth-order valence-corrected chi connectivity index (χ4v) is 3.38. The van der Waals surface area contributed by atoms with Gasteiger partial charge in [0.05, 0.1) is 0 Å². The van der Waals surface area contributed by atoms with Crippen molar-refractivity contribution in [1.29, 1.82) is 0 Å². The molecule has 1 saturated heterocycles. The molecule has 0 amide bonds. The Morgan fingerprint density at radius 1 is 1.28 bits per heavy atom. The van der Waals surface area contributed by atoms with Crippen molar-refractivity contribution in [3.05, 3.63) is 29.8 Å². The molecule has 2 nitrogen and oxygen atoms in total. The van der Waals surface area contributed by atoms with Gasteiger partial charge in [0.15, 0.2) is 0 Å². The number of aromatic hydroxyl groups is 1. The van der Waals surface area contributed by atoms with Crippen molar-refractivity contribution in [2.24, 2.45) is 0 Å². The van der Waals surface area contributed by atoms with Crippen LogP contribution in [0.25, 0.3) is 0 Å². The summed E-state index contributed by atoms with van der Waals surface area (Å²) in [4.78, 5) is 2.69. The second-order valence-corrected chi connectivity index (χ2v) is 5.66. The lowest BCUT2D eigenvalue weighted by molar-refractivity contribution is 0.142. The Morgan fingerprint density at radius 2 is 1.94 bits per heavy atom. The lowest BCUT2D eigenvalue weighted by Crippen LogP contribution is -2.42. The van der Waals surface area contributed by atoms with Crippen LogP contribution < -0.4 is 0 Å². The molecule has 3 unspecified atom stereocenters. The van der Waals surface area contributed by atoms with Crippen LogP contribution in [0.3, 0.4) is 0 Å². The van der Waals surface area contributed by atoms with E-state index in [2.05, 4.69) is 25.7 Å². The van der Waals surface area contributed by atoms with Crippen molar-refractivity contribution < 1.29 is 5.11 Å². The average molecular weight is 247 g/mol. The summed E-state index contributed by atoms with van der Waals surface area (Å²) in [5.41, 5.74) is 1.31. The van der Waals surface area contributed by atoms with E-state index in [0.717, 1.165) is 12.5 Å². The number of hydrogen-bond donors (Lipinski definition) is 1. The molecule has 2 heteroatoms. The molecule has 1 N–H and O–H groups in total. The van der Waals surface area contributed by atoms with Gasteiger partial charge in [0.1, 0.15) is 5.75 Å². The molecule has 1 fully saturated rings. The highest BCUT2D eigenvalue weighted by atomic mass is 16.3. The molecule has 0 saturated carbocycles. The van der Waals surface area contributed by atoms with Gasteiger partial charge in [0.2, 0.25) is 0 Å². The fraction of sp³-hybridized carbons (Fsp3) is 0.625. The quantitative estimate of drug-likeness (QED) is 0.879. The van der Waals surface area contributed by atoms with Gasteiger partial charge in [-0.15, -0.1) is 0 Å². The molecular weight excluding hydrogens is 222 g/mol. The molecule has 0 aliphatic carbocycles. The van der Waals surface area contributed by atoms with E-state index in [1.165, 1.54) is 24.8 Å². The van der Waals surface area contributed by atoms with Crippen LogP contribution in [-0.4, -0.2) is 28.1 Å². The van der Waals surface area contributed by atoms with E-state index >= 15 is 0 Å². The summed E-state index contributed by atoms with van der Waals surface area (Å²) in [5, 5.41) is 9.31. The summed E-state index contributed by atoms with van der Waals surface area (Å²) < 4.78 is 0. The van der Waals surface area contributed by atoms with Gasteiger partial charge in [-0.2, -0.15) is 0 Å². The molecule has 0 bridgehead atoms. The highest BCUT2D eigenvalue weighted by Gasteiger charge is 2.32. The maximum atomic E-state index is 9.31. The van der Waals surface area contributed by atoms with E-state index in [4.69, 9.17) is 0 Å². The Morgan fingerprint density at radius 3 is 2.56 bits per heavy atom. The Kier molecular flexibility index (Phi) is 4.28. The van der Waals surface area contributed by atoms with Gasteiger partial charge in [0.25, 0.3) is 0 Å². The zero-order valence-corrected chi connectivity index (χ0v) is 11.8. The molecule has 1 aromatic carbocycles. The Bertz CT molecular complexity index is 373. The first-order chi connectivity index (χ1) is 8.61. The second-order valence-electron chi connectivity index (χ2n) is 5.66. The highest BCUT2D eigenvalue weighted by Crippen LogP contribution is 2.29. The molecule has 0 spiro atoms. The number of rotatable bonds is 4. The molecule has 2 rings (SSSR count). The van der Waals surface area contributed by atoms with Crippen LogP contribution >= 0.6 is 0 Å². The van der Waals surface area contributed by atoms with Gasteiger partial charge in [-0.05, 0) is 57.2 Å². The molecule has 1 aliphatic heterocycles. The zero-order valence-electron chi connectivity index (χ0n) is 11.8. The van der Waals surface area contributed by atoms with Crippen LogP contribution in [0.15, 0.2) is 24.3 Å². The molecule has 3 atom stereocenters. The van der Waals surface area contributed by atoms with Crippen molar-refractivity contribution in [2.45, 2.75) is 64.6 Å². The van der Waals surface area contributed by atoms with E-state index in [1.807, 2.05) is 12.1 Å². The van der Waals surface area contributed by atoms with Crippen molar-refractivity contribution in [2.75, 3.05) is 0 Å². The van der Waals surface area contributed by atoms with Crippen molar-refractivity contribution >= 4 is 0 Å². The number of phenols is 1. The van der Waals surface area contributed by atoms with Crippen LogP contribution in [0.1, 0.15) is 45.6 Å². The number of benzene rings is 1. The molecule has 100 valence electrons. The largest absolute Gasteiger partial charge is 0.508 e. The third-order valence-corrected chi connectivity index (χ3v) is 4.30. The van der Waals surface area contributed by atoms with Gasteiger partial charge in [0, 0.05) is 18.1 Å². The summed E-state index contributed by atoms with van der Waals surface area (Å²) in [5.74, 6) is 0.354. The van der Waals surface area contributed by atoms with Crippen molar-refractivity contribution in [3.8, 4) is 5.75 Å². The molecule has 0 radical (unpaired) electrons. The first-order valence-corrected chi connectivity index (χ1v) is 7.17. The van der Waals surface area contributed by atoms with E-state index in [9.17, 15) is 5.11 Å². The van der Waals surface area contributed by atoms with Crippen LogP contribution in [0, 0.1) is 0 Å². The van der Waals surface area contributed by atoms with Gasteiger partial charge in [-0.3, -0.25) is 4.90 Å². The van der Waals surface area contributed by atoms with Crippen LogP contribution in [-0.2, 0) is 6.42 Å². The number of nitrogens with zero attached hydrogens (tertiary/aromatic N) is 1. The lowest BCUT2D eigenvalue weighted by atomic mass is 10.0. The van der Waals surface area contributed by atoms with Crippen LogP contribution in [0.4, 0.5) is 0 Å².